The highest BCUT2D eigenvalue weighted by molar-refractivity contribution is 9.10. The summed E-state index contributed by atoms with van der Waals surface area (Å²) in [7, 11) is 0. The van der Waals surface area contributed by atoms with Crippen LogP contribution in [0, 0.1) is 5.82 Å². The Hall–Kier alpha value is -1.88. The Morgan fingerprint density at radius 1 is 1.21 bits per heavy atom. The van der Waals surface area contributed by atoms with Crippen molar-refractivity contribution in [1.82, 2.24) is 0 Å². The third-order valence-corrected chi connectivity index (χ3v) is 2.98. The number of carboxylic acid groups (broad SMARTS) is 1. The van der Waals surface area contributed by atoms with Crippen molar-refractivity contribution in [2.24, 2.45) is 0 Å². The average Bonchev–Trinajstić information content (AvgIpc) is 2.40. The number of benzene rings is 2. The molecule has 0 aliphatic carbocycles. The molecule has 2 rings (SSSR count). The highest BCUT2D eigenvalue weighted by atomic mass is 79.9. The largest absolute Gasteiger partial charge is 0.486 e. The minimum atomic E-state index is -0.981. The van der Waals surface area contributed by atoms with Crippen molar-refractivity contribution in [3.63, 3.8) is 0 Å². The molecule has 0 radical (unpaired) electrons. The van der Waals surface area contributed by atoms with E-state index in [-0.39, 0.29) is 17.9 Å². The Morgan fingerprint density at radius 2 is 1.89 bits per heavy atom. The third-order valence-electron chi connectivity index (χ3n) is 2.49. The molecule has 0 heterocycles. The summed E-state index contributed by atoms with van der Waals surface area (Å²) in [5.74, 6) is -1.27. The van der Waals surface area contributed by atoms with E-state index in [1.807, 2.05) is 0 Å². The molecule has 2 aromatic carbocycles. The van der Waals surface area contributed by atoms with Gasteiger partial charge in [0.2, 0.25) is 0 Å². The Kier molecular flexibility index (Phi) is 4.16. The van der Waals surface area contributed by atoms with Gasteiger partial charge in [-0.05, 0) is 35.9 Å². The summed E-state index contributed by atoms with van der Waals surface area (Å²) in [4.78, 5) is 10.7. The Bertz CT molecular complexity index is 596. The summed E-state index contributed by atoms with van der Waals surface area (Å²) >= 11 is 3.24. The molecule has 0 aromatic heterocycles. The molecule has 1 N–H and O–H groups in total. The predicted octanol–water partition coefficient (Wildman–Crippen LogP) is 3.87. The number of ether oxygens (including phenoxy) is 1. The van der Waals surface area contributed by atoms with E-state index < -0.39 is 11.8 Å². The normalized spacial score (nSPS) is 10.2. The van der Waals surface area contributed by atoms with E-state index in [1.165, 1.54) is 18.2 Å². The summed E-state index contributed by atoms with van der Waals surface area (Å²) in [5.41, 5.74) is 0.974. The molecule has 5 heteroatoms. The summed E-state index contributed by atoms with van der Waals surface area (Å²) < 4.78 is 19.5. The fourth-order valence-electron chi connectivity index (χ4n) is 1.49. The second-order valence-corrected chi connectivity index (χ2v) is 4.78. The predicted molar refractivity (Wildman–Crippen MR) is 71.8 cm³/mol. The maximum atomic E-state index is 13.4. The van der Waals surface area contributed by atoms with Crippen LogP contribution >= 0.6 is 15.9 Å². The van der Waals surface area contributed by atoms with Gasteiger partial charge in [-0.1, -0.05) is 28.1 Å². The number of hydrogen-bond donors (Lipinski definition) is 1. The number of carboxylic acids is 1. The summed E-state index contributed by atoms with van der Waals surface area (Å²) in [6.45, 7) is 0.174. The Labute approximate surface area is 117 Å². The first-order valence-corrected chi connectivity index (χ1v) is 6.25. The van der Waals surface area contributed by atoms with Gasteiger partial charge in [0.25, 0.3) is 0 Å². The molecule has 0 amide bonds. The molecule has 0 saturated heterocycles. The molecule has 19 heavy (non-hydrogen) atoms. The van der Waals surface area contributed by atoms with Crippen molar-refractivity contribution < 1.29 is 19.0 Å². The first-order chi connectivity index (χ1) is 9.06. The lowest BCUT2D eigenvalue weighted by Gasteiger charge is -2.08. The molecule has 0 aliphatic heterocycles. The van der Waals surface area contributed by atoms with Gasteiger partial charge in [0, 0.05) is 4.47 Å². The maximum absolute atomic E-state index is 13.4. The SMILES string of the molecule is O=C(O)c1ccc(COc2cc(Br)ccc2F)cc1. The van der Waals surface area contributed by atoms with Gasteiger partial charge in [-0.3, -0.25) is 0 Å². The average molecular weight is 325 g/mol. The first-order valence-electron chi connectivity index (χ1n) is 5.46. The van der Waals surface area contributed by atoms with Crippen LogP contribution in [0.4, 0.5) is 4.39 Å². The third kappa shape index (κ3) is 3.54. The van der Waals surface area contributed by atoms with Crippen LogP contribution in [0.25, 0.3) is 0 Å². The van der Waals surface area contributed by atoms with Gasteiger partial charge in [-0.15, -0.1) is 0 Å². The van der Waals surface area contributed by atoms with Crippen LogP contribution in [-0.2, 0) is 6.61 Å². The molecule has 2 aromatic rings. The molecule has 98 valence electrons. The smallest absolute Gasteiger partial charge is 0.335 e. The molecule has 0 bridgehead atoms. The monoisotopic (exact) mass is 324 g/mol. The molecule has 0 saturated carbocycles. The van der Waals surface area contributed by atoms with Gasteiger partial charge < -0.3 is 9.84 Å². The Balaban J connectivity index is 2.06. The summed E-state index contributed by atoms with van der Waals surface area (Å²) in [6.07, 6.45) is 0. The van der Waals surface area contributed by atoms with Crippen molar-refractivity contribution in [1.29, 1.82) is 0 Å². The van der Waals surface area contributed by atoms with Gasteiger partial charge >= 0.3 is 5.97 Å². The molecule has 0 unspecified atom stereocenters. The van der Waals surface area contributed by atoms with Gasteiger partial charge in [-0.2, -0.15) is 0 Å². The van der Waals surface area contributed by atoms with E-state index in [0.717, 1.165) is 10.0 Å². The van der Waals surface area contributed by atoms with Crippen LogP contribution < -0.4 is 4.74 Å². The molecule has 0 atom stereocenters. The fraction of sp³-hybridized carbons (Fsp3) is 0.0714. The molecule has 0 aliphatic rings. The first kappa shape index (κ1) is 13.5. The van der Waals surface area contributed by atoms with Crippen LogP contribution in [0.5, 0.6) is 5.75 Å². The number of halogens is 2. The van der Waals surface area contributed by atoms with Gasteiger partial charge in [0.05, 0.1) is 5.56 Å². The van der Waals surface area contributed by atoms with E-state index in [2.05, 4.69) is 15.9 Å². The van der Waals surface area contributed by atoms with E-state index in [4.69, 9.17) is 9.84 Å². The van der Waals surface area contributed by atoms with E-state index >= 15 is 0 Å². The van der Waals surface area contributed by atoms with Crippen molar-refractivity contribution in [3.8, 4) is 5.75 Å². The van der Waals surface area contributed by atoms with Crippen molar-refractivity contribution in [2.75, 3.05) is 0 Å². The summed E-state index contributed by atoms with van der Waals surface area (Å²) in [5, 5.41) is 8.76. The maximum Gasteiger partial charge on any atom is 0.335 e. The zero-order valence-electron chi connectivity index (χ0n) is 9.77. The van der Waals surface area contributed by atoms with Crippen LogP contribution in [0.15, 0.2) is 46.9 Å². The van der Waals surface area contributed by atoms with E-state index in [1.54, 1.807) is 24.3 Å². The fourth-order valence-corrected chi connectivity index (χ4v) is 1.83. The highest BCUT2D eigenvalue weighted by Gasteiger charge is 2.05. The van der Waals surface area contributed by atoms with Crippen LogP contribution in [0.2, 0.25) is 0 Å². The lowest BCUT2D eigenvalue weighted by atomic mass is 10.1. The second-order valence-electron chi connectivity index (χ2n) is 3.87. The number of carbonyl (C=O) groups is 1. The van der Waals surface area contributed by atoms with Gasteiger partial charge in [0.1, 0.15) is 6.61 Å². The second kappa shape index (κ2) is 5.84. The molecular weight excluding hydrogens is 315 g/mol. The minimum absolute atomic E-state index is 0.150. The van der Waals surface area contributed by atoms with Gasteiger partial charge in [-0.25, -0.2) is 9.18 Å². The molecular formula is C14H10BrFO3. The topological polar surface area (TPSA) is 46.5 Å². The van der Waals surface area contributed by atoms with E-state index in [9.17, 15) is 9.18 Å². The molecule has 0 fully saturated rings. The zero-order valence-corrected chi connectivity index (χ0v) is 11.4. The standard InChI is InChI=1S/C14H10BrFO3/c15-11-5-6-12(16)13(7-11)19-8-9-1-3-10(4-2-9)14(17)18/h1-7H,8H2,(H,17,18). The quantitative estimate of drug-likeness (QED) is 0.928. The summed E-state index contributed by atoms with van der Waals surface area (Å²) in [6, 6.07) is 10.7. The van der Waals surface area contributed by atoms with Crippen LogP contribution in [0.1, 0.15) is 15.9 Å². The molecule has 0 spiro atoms. The lowest BCUT2D eigenvalue weighted by Crippen LogP contribution is -1.99. The van der Waals surface area contributed by atoms with Crippen LogP contribution in [-0.4, -0.2) is 11.1 Å². The van der Waals surface area contributed by atoms with Crippen molar-refractivity contribution in [2.45, 2.75) is 6.61 Å². The van der Waals surface area contributed by atoms with Gasteiger partial charge in [0.15, 0.2) is 11.6 Å². The molecule has 3 nitrogen and oxygen atoms in total. The Morgan fingerprint density at radius 3 is 2.53 bits per heavy atom. The minimum Gasteiger partial charge on any atom is -0.486 e. The highest BCUT2D eigenvalue weighted by Crippen LogP contribution is 2.23. The lowest BCUT2D eigenvalue weighted by molar-refractivity contribution is 0.0697. The van der Waals surface area contributed by atoms with Crippen LogP contribution in [0.3, 0.4) is 0 Å². The number of hydrogen-bond acceptors (Lipinski definition) is 2. The zero-order chi connectivity index (χ0) is 13.8. The number of aromatic carboxylic acids is 1. The van der Waals surface area contributed by atoms with E-state index in [0.29, 0.717) is 0 Å². The van der Waals surface area contributed by atoms with Crippen molar-refractivity contribution >= 4 is 21.9 Å². The number of rotatable bonds is 4. The van der Waals surface area contributed by atoms with Crippen molar-refractivity contribution in [3.05, 3.63) is 63.9 Å².